The SMILES string of the molecule is O=C(NC(=S)Nc1ccc2oc(-c3cc(F)c(F)cc3Cl)nc2c1)C(Cl)(Cl)Cl. The molecule has 1 amide bonds. The minimum absolute atomic E-state index is 0.00290. The predicted molar refractivity (Wildman–Crippen MR) is 109 cm³/mol. The lowest BCUT2D eigenvalue weighted by molar-refractivity contribution is -0.118. The first-order chi connectivity index (χ1) is 13.0. The maximum absolute atomic E-state index is 13.5. The van der Waals surface area contributed by atoms with Gasteiger partial charge in [-0.15, -0.1) is 0 Å². The molecule has 0 saturated carbocycles. The monoisotopic (exact) mass is 483 g/mol. The molecule has 0 spiro atoms. The van der Waals surface area contributed by atoms with E-state index in [1.807, 2.05) is 0 Å². The predicted octanol–water partition coefficient (Wildman–Crippen LogP) is 5.61. The zero-order valence-corrected chi connectivity index (χ0v) is 17.2. The molecule has 28 heavy (non-hydrogen) atoms. The van der Waals surface area contributed by atoms with Gasteiger partial charge < -0.3 is 9.73 Å². The van der Waals surface area contributed by atoms with E-state index in [1.54, 1.807) is 18.2 Å². The summed E-state index contributed by atoms with van der Waals surface area (Å²) in [5.41, 5.74) is 1.27. The van der Waals surface area contributed by atoms with Gasteiger partial charge in [-0.1, -0.05) is 46.4 Å². The van der Waals surface area contributed by atoms with Crippen molar-refractivity contribution in [2.24, 2.45) is 0 Å². The van der Waals surface area contributed by atoms with Gasteiger partial charge in [-0.2, -0.15) is 0 Å². The van der Waals surface area contributed by atoms with Crippen molar-refractivity contribution in [2.45, 2.75) is 3.79 Å². The van der Waals surface area contributed by atoms with Crippen molar-refractivity contribution >= 4 is 86.4 Å². The Morgan fingerprint density at radius 1 is 1.14 bits per heavy atom. The molecule has 0 radical (unpaired) electrons. The number of halogens is 6. The maximum atomic E-state index is 13.5. The molecule has 0 fully saturated rings. The number of rotatable bonds is 2. The first-order valence-electron chi connectivity index (χ1n) is 7.29. The minimum Gasteiger partial charge on any atom is -0.436 e. The number of oxazole rings is 1. The topological polar surface area (TPSA) is 67.2 Å². The van der Waals surface area contributed by atoms with E-state index in [9.17, 15) is 13.6 Å². The summed E-state index contributed by atoms with van der Waals surface area (Å²) in [7, 11) is 0. The fourth-order valence-corrected chi connectivity index (χ4v) is 2.73. The van der Waals surface area contributed by atoms with Crippen LogP contribution < -0.4 is 10.6 Å². The average molecular weight is 485 g/mol. The van der Waals surface area contributed by atoms with Crippen molar-refractivity contribution in [3.05, 3.63) is 47.0 Å². The van der Waals surface area contributed by atoms with Crippen LogP contribution in [0.1, 0.15) is 0 Å². The highest BCUT2D eigenvalue weighted by Crippen LogP contribution is 2.32. The van der Waals surface area contributed by atoms with Gasteiger partial charge in [-0.25, -0.2) is 13.8 Å². The number of nitrogens with one attached hydrogen (secondary N) is 2. The second kappa shape index (κ2) is 7.96. The van der Waals surface area contributed by atoms with Crippen LogP contribution in [0, 0.1) is 11.6 Å². The molecule has 0 unspecified atom stereocenters. The zero-order chi connectivity index (χ0) is 20.6. The van der Waals surface area contributed by atoms with Gasteiger partial charge in [0.25, 0.3) is 9.70 Å². The highest BCUT2D eigenvalue weighted by atomic mass is 35.6. The number of carbonyl (C=O) groups excluding carboxylic acids is 1. The number of aromatic nitrogens is 1. The molecule has 12 heteroatoms. The number of hydrogen-bond acceptors (Lipinski definition) is 4. The molecule has 0 atom stereocenters. The smallest absolute Gasteiger partial charge is 0.278 e. The fourth-order valence-electron chi connectivity index (χ4n) is 2.14. The summed E-state index contributed by atoms with van der Waals surface area (Å²) < 4.78 is 30.1. The molecule has 3 rings (SSSR count). The minimum atomic E-state index is -2.17. The summed E-state index contributed by atoms with van der Waals surface area (Å²) in [6.45, 7) is 0. The molecule has 1 aromatic heterocycles. The molecule has 0 aliphatic carbocycles. The fraction of sp³-hybridized carbons (Fsp3) is 0.0625. The number of alkyl halides is 3. The zero-order valence-electron chi connectivity index (χ0n) is 13.3. The lowest BCUT2D eigenvalue weighted by Gasteiger charge is -2.13. The van der Waals surface area contributed by atoms with E-state index in [4.69, 9.17) is 63.0 Å². The Morgan fingerprint density at radius 3 is 2.50 bits per heavy atom. The first kappa shape index (κ1) is 21.0. The summed E-state index contributed by atoms with van der Waals surface area (Å²) >= 11 is 27.3. The number of benzene rings is 2. The summed E-state index contributed by atoms with van der Waals surface area (Å²) in [4.78, 5) is 15.8. The third-order valence-electron chi connectivity index (χ3n) is 3.37. The Hall–Kier alpha value is -1.71. The number of hydrogen-bond donors (Lipinski definition) is 2. The highest BCUT2D eigenvalue weighted by molar-refractivity contribution is 7.80. The molecule has 0 saturated heterocycles. The van der Waals surface area contributed by atoms with Crippen LogP contribution in [0.2, 0.25) is 5.02 Å². The van der Waals surface area contributed by atoms with Crippen LogP contribution in [-0.2, 0) is 4.79 Å². The highest BCUT2D eigenvalue weighted by Gasteiger charge is 2.31. The Morgan fingerprint density at radius 2 is 1.82 bits per heavy atom. The Kier molecular flexibility index (Phi) is 5.97. The van der Waals surface area contributed by atoms with Gasteiger partial charge in [0.15, 0.2) is 22.3 Å². The third kappa shape index (κ3) is 4.64. The van der Waals surface area contributed by atoms with E-state index < -0.39 is 21.3 Å². The number of thiocarbonyl (C=S) groups is 1. The molecule has 2 N–H and O–H groups in total. The Balaban J connectivity index is 1.85. The van der Waals surface area contributed by atoms with Crippen molar-refractivity contribution in [1.82, 2.24) is 10.3 Å². The number of amides is 1. The van der Waals surface area contributed by atoms with Crippen LogP contribution in [0.3, 0.4) is 0 Å². The van der Waals surface area contributed by atoms with Crippen LogP contribution in [0.4, 0.5) is 14.5 Å². The van der Waals surface area contributed by atoms with Crippen LogP contribution >= 0.6 is 58.6 Å². The van der Waals surface area contributed by atoms with E-state index in [0.29, 0.717) is 16.8 Å². The number of fused-ring (bicyclic) bond motifs is 1. The van der Waals surface area contributed by atoms with Gasteiger partial charge in [0.1, 0.15) is 5.52 Å². The second-order valence-electron chi connectivity index (χ2n) is 5.35. The standard InChI is InChI=1S/C16H7Cl4F2N3O2S/c17-8-5-10(22)9(21)4-7(8)13-24-11-3-6(1-2-12(11)27-13)23-15(28)25-14(26)16(18,19)20/h1-5H,(H2,23,25,26,28). The van der Waals surface area contributed by atoms with Crippen molar-refractivity contribution in [2.75, 3.05) is 5.32 Å². The van der Waals surface area contributed by atoms with Crippen LogP contribution in [0.25, 0.3) is 22.6 Å². The van der Waals surface area contributed by atoms with Crippen molar-refractivity contribution in [3.8, 4) is 11.5 Å². The number of nitrogens with zero attached hydrogens (tertiary/aromatic N) is 1. The molecule has 2 aromatic carbocycles. The molecular formula is C16H7Cl4F2N3O2S. The van der Waals surface area contributed by atoms with Gasteiger partial charge in [-0.05, 0) is 42.5 Å². The summed E-state index contributed by atoms with van der Waals surface area (Å²) in [5.74, 6) is -3.09. The molecule has 0 aliphatic rings. The lowest BCUT2D eigenvalue weighted by atomic mass is 10.2. The Labute approximate surface area is 181 Å². The van der Waals surface area contributed by atoms with E-state index >= 15 is 0 Å². The summed E-state index contributed by atoms with van der Waals surface area (Å²) in [6.07, 6.45) is 0. The van der Waals surface area contributed by atoms with Gasteiger partial charge in [0.05, 0.1) is 10.6 Å². The molecule has 3 aromatic rings. The van der Waals surface area contributed by atoms with E-state index in [2.05, 4.69) is 15.6 Å². The molecule has 146 valence electrons. The molecule has 0 aliphatic heterocycles. The van der Waals surface area contributed by atoms with E-state index in [0.717, 1.165) is 12.1 Å². The van der Waals surface area contributed by atoms with Crippen molar-refractivity contribution < 1.29 is 18.0 Å². The molecular weight excluding hydrogens is 478 g/mol. The van der Waals surface area contributed by atoms with Gasteiger partial charge in [0.2, 0.25) is 5.89 Å². The second-order valence-corrected chi connectivity index (χ2v) is 8.45. The van der Waals surface area contributed by atoms with Crippen LogP contribution in [0.15, 0.2) is 34.7 Å². The Bertz CT molecular complexity index is 1100. The largest absolute Gasteiger partial charge is 0.436 e. The molecule has 5 nitrogen and oxygen atoms in total. The number of anilines is 1. The maximum Gasteiger partial charge on any atom is 0.278 e. The molecule has 1 heterocycles. The van der Waals surface area contributed by atoms with Gasteiger partial charge in [0, 0.05) is 5.69 Å². The van der Waals surface area contributed by atoms with E-state index in [1.165, 1.54) is 0 Å². The third-order valence-corrected chi connectivity index (χ3v) is 4.40. The normalized spacial score (nSPS) is 11.5. The van der Waals surface area contributed by atoms with Crippen LogP contribution in [0.5, 0.6) is 0 Å². The van der Waals surface area contributed by atoms with Gasteiger partial charge in [-0.3, -0.25) is 10.1 Å². The lowest BCUT2D eigenvalue weighted by Crippen LogP contribution is -2.41. The van der Waals surface area contributed by atoms with Crippen LogP contribution in [-0.4, -0.2) is 19.8 Å². The van der Waals surface area contributed by atoms with Gasteiger partial charge >= 0.3 is 0 Å². The summed E-state index contributed by atoms with van der Waals surface area (Å²) in [6, 6.07) is 6.41. The summed E-state index contributed by atoms with van der Waals surface area (Å²) in [5, 5.41) is 4.77. The van der Waals surface area contributed by atoms with Crippen molar-refractivity contribution in [1.29, 1.82) is 0 Å². The average Bonchev–Trinajstić information content (AvgIpc) is 3.00. The van der Waals surface area contributed by atoms with E-state index in [-0.39, 0.29) is 21.6 Å². The number of carbonyl (C=O) groups is 1. The first-order valence-corrected chi connectivity index (χ1v) is 9.21. The quantitative estimate of drug-likeness (QED) is 0.281. The molecule has 0 bridgehead atoms. The van der Waals surface area contributed by atoms with Crippen molar-refractivity contribution in [3.63, 3.8) is 0 Å².